The quantitative estimate of drug-likeness (QED) is 0.823. The maximum atomic E-state index is 12.9. The van der Waals surface area contributed by atoms with E-state index >= 15 is 0 Å². The van der Waals surface area contributed by atoms with Crippen LogP contribution in [-0.4, -0.2) is 41.6 Å². The van der Waals surface area contributed by atoms with Gasteiger partial charge in [0.05, 0.1) is 15.5 Å². The first-order valence-electron chi connectivity index (χ1n) is 7.80. The summed E-state index contributed by atoms with van der Waals surface area (Å²) in [4.78, 5) is 2.69. The molecule has 0 aliphatic carbocycles. The number of rotatable bonds is 4. The van der Waals surface area contributed by atoms with Gasteiger partial charge < -0.3 is 15.5 Å². The second kappa shape index (κ2) is 8.27. The number of sulfone groups is 1. The van der Waals surface area contributed by atoms with Crippen molar-refractivity contribution in [3.8, 4) is 0 Å². The summed E-state index contributed by atoms with van der Waals surface area (Å²) < 4.78 is 25.9. The van der Waals surface area contributed by atoms with Crippen LogP contribution < -0.4 is 15.5 Å². The minimum atomic E-state index is -3.63. The first-order chi connectivity index (χ1) is 11.5. The van der Waals surface area contributed by atoms with E-state index < -0.39 is 9.84 Å². The summed E-state index contributed by atoms with van der Waals surface area (Å²) in [6.07, 6.45) is 0. The number of benzene rings is 2. The molecule has 1 aliphatic rings. The molecule has 0 amide bonds. The number of hydrogen-bond acceptors (Lipinski definition) is 5. The molecule has 1 saturated heterocycles. The van der Waals surface area contributed by atoms with Crippen LogP contribution in [0.4, 0.5) is 11.4 Å². The topological polar surface area (TPSA) is 61.4 Å². The standard InChI is InChI=1S/C17H20ClN3O2S.ClH/c1-19-16-12-14(21-9-7-20-8-10-21)5-6-17(16)24(22,23)15-4-2-3-13(18)11-15;/h2-6,11-12,19-20H,7-10H2,1H3;1H. The first kappa shape index (κ1) is 19.8. The normalized spacial score (nSPS) is 14.7. The summed E-state index contributed by atoms with van der Waals surface area (Å²) in [7, 11) is -1.90. The van der Waals surface area contributed by atoms with E-state index in [9.17, 15) is 8.42 Å². The van der Waals surface area contributed by atoms with Gasteiger partial charge in [0.15, 0.2) is 0 Å². The molecule has 0 bridgehead atoms. The molecule has 2 aromatic carbocycles. The van der Waals surface area contributed by atoms with Crippen LogP contribution in [0.25, 0.3) is 0 Å². The lowest BCUT2D eigenvalue weighted by atomic mass is 10.2. The highest BCUT2D eigenvalue weighted by atomic mass is 35.5. The molecule has 2 N–H and O–H groups in total. The molecule has 3 rings (SSSR count). The van der Waals surface area contributed by atoms with E-state index in [0.29, 0.717) is 10.7 Å². The molecule has 1 aliphatic heterocycles. The Hall–Kier alpha value is -1.47. The van der Waals surface area contributed by atoms with E-state index in [1.54, 1.807) is 31.3 Å². The fourth-order valence-electron chi connectivity index (χ4n) is 2.83. The number of piperazine rings is 1. The molecular formula is C17H21Cl2N3O2S. The lowest BCUT2D eigenvalue weighted by molar-refractivity contribution is 0.588. The Labute approximate surface area is 159 Å². The molecule has 0 spiro atoms. The summed E-state index contributed by atoms with van der Waals surface area (Å²) in [6.45, 7) is 3.67. The SMILES string of the molecule is CNc1cc(N2CCNCC2)ccc1S(=O)(=O)c1cccc(Cl)c1.Cl. The van der Waals surface area contributed by atoms with Crippen molar-refractivity contribution in [2.75, 3.05) is 43.4 Å². The predicted octanol–water partition coefficient (Wildman–Crippen LogP) is 3.05. The van der Waals surface area contributed by atoms with Crippen LogP contribution in [0.3, 0.4) is 0 Å². The summed E-state index contributed by atoms with van der Waals surface area (Å²) in [5.41, 5.74) is 1.61. The van der Waals surface area contributed by atoms with Gasteiger partial charge in [0, 0.05) is 43.9 Å². The van der Waals surface area contributed by atoms with Crippen molar-refractivity contribution in [1.82, 2.24) is 5.32 Å². The molecule has 0 saturated carbocycles. The van der Waals surface area contributed by atoms with E-state index in [0.717, 1.165) is 31.9 Å². The molecule has 0 radical (unpaired) electrons. The highest BCUT2D eigenvalue weighted by molar-refractivity contribution is 7.91. The summed E-state index contributed by atoms with van der Waals surface area (Å²) in [5.74, 6) is 0. The third-order valence-corrected chi connectivity index (χ3v) is 6.16. The van der Waals surface area contributed by atoms with Gasteiger partial charge in [-0.25, -0.2) is 8.42 Å². The largest absolute Gasteiger partial charge is 0.387 e. The Bertz CT molecular complexity index is 838. The van der Waals surface area contributed by atoms with E-state index in [-0.39, 0.29) is 22.2 Å². The second-order valence-corrected chi connectivity index (χ2v) is 7.98. The van der Waals surface area contributed by atoms with Crippen LogP contribution in [0.2, 0.25) is 5.02 Å². The Balaban J connectivity index is 0.00000225. The Morgan fingerprint density at radius 3 is 2.48 bits per heavy atom. The van der Waals surface area contributed by atoms with Crippen molar-refractivity contribution in [3.63, 3.8) is 0 Å². The minimum absolute atomic E-state index is 0. The Morgan fingerprint density at radius 2 is 1.84 bits per heavy atom. The average Bonchev–Trinajstić information content (AvgIpc) is 2.62. The van der Waals surface area contributed by atoms with E-state index in [1.807, 2.05) is 12.1 Å². The van der Waals surface area contributed by atoms with Crippen LogP contribution in [0.5, 0.6) is 0 Å². The zero-order chi connectivity index (χ0) is 17.2. The number of nitrogens with zero attached hydrogens (tertiary/aromatic N) is 1. The lowest BCUT2D eigenvalue weighted by Gasteiger charge is -2.30. The van der Waals surface area contributed by atoms with E-state index in [2.05, 4.69) is 15.5 Å². The van der Waals surface area contributed by atoms with Crippen LogP contribution in [0.15, 0.2) is 52.3 Å². The Kier molecular flexibility index (Phi) is 6.57. The summed E-state index contributed by atoms with van der Waals surface area (Å²) in [5, 5.41) is 6.72. The molecular weight excluding hydrogens is 381 g/mol. The van der Waals surface area contributed by atoms with Crippen molar-refractivity contribution in [2.24, 2.45) is 0 Å². The van der Waals surface area contributed by atoms with Gasteiger partial charge in [-0.05, 0) is 36.4 Å². The highest BCUT2D eigenvalue weighted by Crippen LogP contribution is 2.32. The molecule has 8 heteroatoms. The molecule has 136 valence electrons. The molecule has 1 fully saturated rings. The molecule has 2 aromatic rings. The van der Waals surface area contributed by atoms with Crippen molar-refractivity contribution < 1.29 is 8.42 Å². The smallest absolute Gasteiger partial charge is 0.208 e. The number of hydrogen-bond donors (Lipinski definition) is 2. The third kappa shape index (κ3) is 4.20. The fourth-order valence-corrected chi connectivity index (χ4v) is 4.57. The first-order valence-corrected chi connectivity index (χ1v) is 9.66. The van der Waals surface area contributed by atoms with Crippen molar-refractivity contribution >= 4 is 45.2 Å². The average molecular weight is 402 g/mol. The molecule has 0 aromatic heterocycles. The maximum Gasteiger partial charge on any atom is 0.208 e. The molecule has 1 heterocycles. The summed E-state index contributed by atoms with van der Waals surface area (Å²) >= 11 is 5.95. The van der Waals surface area contributed by atoms with Crippen molar-refractivity contribution in [2.45, 2.75) is 9.79 Å². The predicted molar refractivity (Wildman–Crippen MR) is 105 cm³/mol. The monoisotopic (exact) mass is 401 g/mol. The molecule has 0 atom stereocenters. The summed E-state index contributed by atoms with van der Waals surface area (Å²) in [6, 6.07) is 11.8. The van der Waals surface area contributed by atoms with Gasteiger partial charge in [-0.2, -0.15) is 0 Å². The number of anilines is 2. The van der Waals surface area contributed by atoms with Crippen molar-refractivity contribution in [3.05, 3.63) is 47.5 Å². The lowest BCUT2D eigenvalue weighted by Crippen LogP contribution is -2.43. The molecule has 5 nitrogen and oxygen atoms in total. The van der Waals surface area contributed by atoms with Crippen LogP contribution in [0.1, 0.15) is 0 Å². The van der Waals surface area contributed by atoms with Crippen LogP contribution >= 0.6 is 24.0 Å². The van der Waals surface area contributed by atoms with Gasteiger partial charge >= 0.3 is 0 Å². The zero-order valence-corrected chi connectivity index (χ0v) is 16.2. The molecule has 0 unspecified atom stereocenters. The van der Waals surface area contributed by atoms with Gasteiger partial charge in [0.1, 0.15) is 0 Å². The third-order valence-electron chi connectivity index (χ3n) is 4.11. The second-order valence-electron chi connectivity index (χ2n) is 5.63. The van der Waals surface area contributed by atoms with Gasteiger partial charge in [0.25, 0.3) is 0 Å². The van der Waals surface area contributed by atoms with Crippen LogP contribution in [0, 0.1) is 0 Å². The maximum absolute atomic E-state index is 12.9. The van der Waals surface area contributed by atoms with Gasteiger partial charge in [-0.1, -0.05) is 17.7 Å². The van der Waals surface area contributed by atoms with Crippen molar-refractivity contribution in [1.29, 1.82) is 0 Å². The number of halogens is 2. The van der Waals surface area contributed by atoms with Gasteiger partial charge in [-0.3, -0.25) is 0 Å². The Morgan fingerprint density at radius 1 is 1.12 bits per heavy atom. The number of nitrogens with one attached hydrogen (secondary N) is 2. The highest BCUT2D eigenvalue weighted by Gasteiger charge is 2.22. The minimum Gasteiger partial charge on any atom is -0.387 e. The zero-order valence-electron chi connectivity index (χ0n) is 13.8. The van der Waals surface area contributed by atoms with Crippen LogP contribution in [-0.2, 0) is 9.84 Å². The van der Waals surface area contributed by atoms with E-state index in [4.69, 9.17) is 11.6 Å². The molecule has 25 heavy (non-hydrogen) atoms. The van der Waals surface area contributed by atoms with E-state index in [1.165, 1.54) is 6.07 Å². The van der Waals surface area contributed by atoms with Gasteiger partial charge in [-0.15, -0.1) is 12.4 Å². The van der Waals surface area contributed by atoms with Gasteiger partial charge in [0.2, 0.25) is 9.84 Å². The fraction of sp³-hybridized carbons (Fsp3) is 0.294.